The summed E-state index contributed by atoms with van der Waals surface area (Å²) < 4.78 is 20.4. The second-order valence-corrected chi connectivity index (χ2v) is 8.48. The third-order valence-electron chi connectivity index (χ3n) is 5.99. The first-order chi connectivity index (χ1) is 16.3. The van der Waals surface area contributed by atoms with Crippen molar-refractivity contribution in [3.63, 3.8) is 0 Å². The Labute approximate surface area is 197 Å². The lowest BCUT2D eigenvalue weighted by Crippen LogP contribution is -2.45. The van der Waals surface area contributed by atoms with Crippen LogP contribution in [0.1, 0.15) is 22.3 Å². The molecule has 34 heavy (non-hydrogen) atoms. The summed E-state index contributed by atoms with van der Waals surface area (Å²) in [5.74, 6) is -0.814. The number of nitrogens with two attached hydrogens (primary N) is 1. The quantitative estimate of drug-likeness (QED) is 0.447. The van der Waals surface area contributed by atoms with E-state index in [1.54, 1.807) is 12.1 Å². The van der Waals surface area contributed by atoms with E-state index in [4.69, 9.17) is 15.6 Å². The lowest BCUT2D eigenvalue weighted by atomic mass is 9.99. The smallest absolute Gasteiger partial charge is 0.278 e. The van der Waals surface area contributed by atoms with Crippen LogP contribution in [0.15, 0.2) is 41.4 Å². The molecule has 0 spiro atoms. The number of hydrogen-bond acceptors (Lipinski definition) is 6. The van der Waals surface area contributed by atoms with Crippen molar-refractivity contribution in [1.82, 2.24) is 4.90 Å². The number of amidine groups is 1. The number of benzene rings is 2. The number of likely N-dealkylation sites (N-methyl/N-ethyl adjacent to an activating group) is 1. The topological polar surface area (TPSA) is 120 Å². The van der Waals surface area contributed by atoms with Crippen molar-refractivity contribution in [2.45, 2.75) is 18.9 Å². The van der Waals surface area contributed by atoms with Crippen LogP contribution in [-0.4, -0.2) is 73.6 Å². The molecule has 2 aliphatic heterocycles. The van der Waals surface area contributed by atoms with Gasteiger partial charge in [0.1, 0.15) is 24.0 Å². The number of amides is 2. The van der Waals surface area contributed by atoms with Gasteiger partial charge in [-0.1, -0.05) is 0 Å². The molecule has 1 saturated heterocycles. The summed E-state index contributed by atoms with van der Waals surface area (Å²) in [6.45, 7) is 2.74. The van der Waals surface area contributed by atoms with Crippen molar-refractivity contribution < 1.29 is 23.8 Å². The van der Waals surface area contributed by atoms with E-state index in [1.165, 1.54) is 24.3 Å². The molecule has 2 aromatic carbocycles. The Balaban J connectivity index is 1.45. The van der Waals surface area contributed by atoms with Crippen molar-refractivity contribution >= 4 is 29.0 Å². The molecule has 0 aromatic heterocycles. The van der Waals surface area contributed by atoms with Crippen LogP contribution in [-0.2, 0) is 11.2 Å². The van der Waals surface area contributed by atoms with Crippen LogP contribution < -0.4 is 20.7 Å². The maximum absolute atomic E-state index is 14.3. The minimum atomic E-state index is -0.723. The number of aliphatic imine (C=N–C) groups is 1. The van der Waals surface area contributed by atoms with Crippen LogP contribution in [0.4, 0.5) is 15.8 Å². The number of carbonyl (C=O) groups excluding carboxylic acids is 2. The molecule has 2 aromatic rings. The Morgan fingerprint density at radius 3 is 2.59 bits per heavy atom. The summed E-state index contributed by atoms with van der Waals surface area (Å²) in [7, 11) is 2.05. The number of aliphatic hydroxyl groups is 1. The third-order valence-corrected chi connectivity index (χ3v) is 5.99. The molecule has 0 aliphatic carbocycles. The Hall–Kier alpha value is -3.50. The molecule has 0 saturated carbocycles. The van der Waals surface area contributed by atoms with E-state index in [9.17, 15) is 14.0 Å². The van der Waals surface area contributed by atoms with Gasteiger partial charge in [-0.3, -0.25) is 9.59 Å². The van der Waals surface area contributed by atoms with Crippen LogP contribution in [0, 0.1) is 5.82 Å². The number of aryl methyl sites for hydroxylation is 1. The summed E-state index contributed by atoms with van der Waals surface area (Å²) in [5, 5.41) is 11.7. The summed E-state index contributed by atoms with van der Waals surface area (Å²) >= 11 is 0. The zero-order valence-electron chi connectivity index (χ0n) is 19.0. The number of rotatable bonds is 5. The standard InChI is InChI=1S/C24H28FN5O4/c1-29-8-10-30(11-9-29)19-13-17(25)12-16-4-7-20(34-22(16)19)24(33)27-18-5-2-15(3-6-18)23(32)28-21(26)14-31/h2-3,5-6,12-13,20,31H,4,7-11,14H2,1H3,(H,27,33)(H2,26,28,32). The summed E-state index contributed by atoms with van der Waals surface area (Å²) in [5.41, 5.74) is 7.60. The van der Waals surface area contributed by atoms with E-state index in [0.717, 1.165) is 31.7 Å². The van der Waals surface area contributed by atoms with Gasteiger partial charge in [-0.25, -0.2) is 4.39 Å². The molecular formula is C24H28FN5O4. The monoisotopic (exact) mass is 469 g/mol. The first-order valence-electron chi connectivity index (χ1n) is 11.2. The van der Waals surface area contributed by atoms with Gasteiger partial charge >= 0.3 is 0 Å². The highest BCUT2D eigenvalue weighted by molar-refractivity contribution is 6.03. The third kappa shape index (κ3) is 5.35. The molecule has 4 N–H and O–H groups in total. The Bertz CT molecular complexity index is 1100. The maximum atomic E-state index is 14.3. The first-order valence-corrected chi connectivity index (χ1v) is 11.2. The molecule has 180 valence electrons. The van der Waals surface area contributed by atoms with Gasteiger partial charge in [0.25, 0.3) is 11.8 Å². The summed E-state index contributed by atoms with van der Waals surface area (Å²) in [6.07, 6.45) is 0.235. The molecule has 2 heterocycles. The predicted molar refractivity (Wildman–Crippen MR) is 127 cm³/mol. The lowest BCUT2D eigenvalue weighted by molar-refractivity contribution is -0.123. The molecule has 0 radical (unpaired) electrons. The SMILES string of the molecule is CN1CCN(c2cc(F)cc3c2OC(C(=O)Nc2ccc(C(=O)N=C(N)CO)cc2)CC3)CC1. The number of anilines is 2. The summed E-state index contributed by atoms with van der Waals surface area (Å²) in [6, 6.07) is 9.14. The molecule has 1 unspecified atom stereocenters. The van der Waals surface area contributed by atoms with Crippen molar-refractivity contribution in [2.24, 2.45) is 10.7 Å². The number of fused-ring (bicyclic) bond motifs is 1. The average Bonchev–Trinajstić information content (AvgIpc) is 2.84. The van der Waals surface area contributed by atoms with Gasteiger partial charge in [0.15, 0.2) is 6.10 Å². The second-order valence-electron chi connectivity index (χ2n) is 8.48. The number of halogens is 1. The molecule has 4 rings (SSSR count). The van der Waals surface area contributed by atoms with E-state index < -0.39 is 18.6 Å². The predicted octanol–water partition coefficient (Wildman–Crippen LogP) is 1.40. The van der Waals surface area contributed by atoms with Crippen LogP contribution in [0.25, 0.3) is 0 Å². The highest BCUT2D eigenvalue weighted by Crippen LogP contribution is 2.39. The number of aliphatic hydroxyl groups excluding tert-OH is 1. The van der Waals surface area contributed by atoms with Gasteiger partial charge in [-0.15, -0.1) is 0 Å². The number of carbonyl (C=O) groups is 2. The first kappa shape index (κ1) is 23.7. The zero-order chi connectivity index (χ0) is 24.2. The van der Waals surface area contributed by atoms with E-state index in [2.05, 4.69) is 27.2 Å². The molecule has 1 atom stereocenters. The Morgan fingerprint density at radius 2 is 1.91 bits per heavy atom. The normalized spacial score (nSPS) is 18.7. The molecular weight excluding hydrogens is 441 g/mol. The van der Waals surface area contributed by atoms with Crippen molar-refractivity contribution in [1.29, 1.82) is 0 Å². The zero-order valence-corrected chi connectivity index (χ0v) is 19.0. The van der Waals surface area contributed by atoms with Gasteiger partial charge in [0, 0.05) is 43.5 Å². The van der Waals surface area contributed by atoms with Crippen molar-refractivity contribution in [3.8, 4) is 5.75 Å². The highest BCUT2D eigenvalue weighted by atomic mass is 19.1. The fourth-order valence-corrected chi connectivity index (χ4v) is 4.06. The molecule has 9 nitrogen and oxygen atoms in total. The molecule has 10 heteroatoms. The van der Waals surface area contributed by atoms with Gasteiger partial charge in [-0.2, -0.15) is 4.99 Å². The van der Waals surface area contributed by atoms with Gasteiger partial charge in [0.05, 0.1) is 5.69 Å². The Kier molecular flexibility index (Phi) is 7.09. The molecule has 1 fully saturated rings. The maximum Gasteiger partial charge on any atom is 0.278 e. The fourth-order valence-electron chi connectivity index (χ4n) is 4.06. The second kappa shape index (κ2) is 10.2. The van der Waals surface area contributed by atoms with Crippen LogP contribution in [0.2, 0.25) is 0 Å². The lowest BCUT2D eigenvalue weighted by Gasteiger charge is -2.37. The number of hydrogen-bond donors (Lipinski definition) is 3. The number of ether oxygens (including phenoxy) is 1. The van der Waals surface area contributed by atoms with E-state index in [0.29, 0.717) is 30.0 Å². The minimum Gasteiger partial charge on any atom is -0.478 e. The fraction of sp³-hybridized carbons (Fsp3) is 0.375. The van der Waals surface area contributed by atoms with Crippen LogP contribution in [0.3, 0.4) is 0 Å². The van der Waals surface area contributed by atoms with Crippen LogP contribution >= 0.6 is 0 Å². The number of piperazine rings is 1. The van der Waals surface area contributed by atoms with E-state index >= 15 is 0 Å². The number of nitrogens with zero attached hydrogens (tertiary/aromatic N) is 3. The Morgan fingerprint density at radius 1 is 1.21 bits per heavy atom. The highest BCUT2D eigenvalue weighted by Gasteiger charge is 2.30. The molecule has 0 bridgehead atoms. The summed E-state index contributed by atoms with van der Waals surface area (Å²) in [4.78, 5) is 32.8. The van der Waals surface area contributed by atoms with Crippen molar-refractivity contribution in [2.75, 3.05) is 50.1 Å². The van der Waals surface area contributed by atoms with Crippen molar-refractivity contribution in [3.05, 3.63) is 53.3 Å². The van der Waals surface area contributed by atoms with Gasteiger partial charge < -0.3 is 30.7 Å². The van der Waals surface area contributed by atoms with Gasteiger partial charge in [-0.05, 0) is 55.8 Å². The molecule has 2 aliphatic rings. The van der Waals surface area contributed by atoms with E-state index in [-0.39, 0.29) is 23.1 Å². The van der Waals surface area contributed by atoms with E-state index in [1.807, 2.05) is 0 Å². The average molecular weight is 470 g/mol. The minimum absolute atomic E-state index is 0.173. The van der Waals surface area contributed by atoms with Gasteiger partial charge in [0.2, 0.25) is 0 Å². The van der Waals surface area contributed by atoms with Crippen LogP contribution in [0.5, 0.6) is 5.75 Å². The largest absolute Gasteiger partial charge is 0.478 e. The molecule has 2 amide bonds. The number of nitrogens with one attached hydrogen (secondary N) is 1.